The standard InChI is InChI=1S/C16H23ClN2O4S.ClH/c1-19(14-4-6-18-9-14)24(20,21)16-8-13(17)2-3-15(16)23-11-12-5-7-22-10-12;/h2-3,8,12,14,18H,4-7,9-11H2,1H3;1H. The van der Waals surface area contributed by atoms with Crippen molar-refractivity contribution in [2.24, 2.45) is 5.92 Å². The van der Waals surface area contributed by atoms with Crippen molar-refractivity contribution in [1.29, 1.82) is 0 Å². The van der Waals surface area contributed by atoms with Gasteiger partial charge in [0.05, 0.1) is 13.2 Å². The second-order valence-corrected chi connectivity index (χ2v) is 8.70. The molecule has 0 amide bonds. The molecule has 2 atom stereocenters. The van der Waals surface area contributed by atoms with Gasteiger partial charge in [-0.25, -0.2) is 8.42 Å². The van der Waals surface area contributed by atoms with E-state index in [1.165, 1.54) is 10.4 Å². The zero-order valence-corrected chi connectivity index (χ0v) is 16.5. The number of hydrogen-bond donors (Lipinski definition) is 1. The van der Waals surface area contributed by atoms with Crippen molar-refractivity contribution < 1.29 is 17.9 Å². The summed E-state index contributed by atoms with van der Waals surface area (Å²) in [5.41, 5.74) is 0. The number of nitrogens with one attached hydrogen (secondary N) is 1. The van der Waals surface area contributed by atoms with E-state index in [9.17, 15) is 8.42 Å². The average molecular weight is 411 g/mol. The van der Waals surface area contributed by atoms with Gasteiger partial charge in [-0.1, -0.05) is 11.6 Å². The molecule has 0 saturated carbocycles. The van der Waals surface area contributed by atoms with Crippen molar-refractivity contribution >= 4 is 34.0 Å². The summed E-state index contributed by atoms with van der Waals surface area (Å²) in [6.07, 6.45) is 1.73. The summed E-state index contributed by atoms with van der Waals surface area (Å²) in [5, 5.41) is 3.57. The lowest BCUT2D eigenvalue weighted by Crippen LogP contribution is -2.38. The molecule has 2 heterocycles. The highest BCUT2D eigenvalue weighted by atomic mass is 35.5. The third-order valence-corrected chi connectivity index (χ3v) is 6.78. The molecule has 0 radical (unpaired) electrons. The van der Waals surface area contributed by atoms with E-state index >= 15 is 0 Å². The van der Waals surface area contributed by atoms with Crippen molar-refractivity contribution in [3.63, 3.8) is 0 Å². The van der Waals surface area contributed by atoms with Crippen molar-refractivity contribution in [1.82, 2.24) is 9.62 Å². The van der Waals surface area contributed by atoms with Gasteiger partial charge in [0.1, 0.15) is 10.6 Å². The van der Waals surface area contributed by atoms with Crippen LogP contribution in [0, 0.1) is 5.92 Å². The van der Waals surface area contributed by atoms with E-state index in [-0.39, 0.29) is 23.3 Å². The molecule has 6 nitrogen and oxygen atoms in total. The fourth-order valence-electron chi connectivity index (χ4n) is 3.03. The van der Waals surface area contributed by atoms with E-state index in [2.05, 4.69) is 5.32 Å². The van der Waals surface area contributed by atoms with Crippen molar-refractivity contribution in [3.05, 3.63) is 23.2 Å². The minimum atomic E-state index is -3.67. The van der Waals surface area contributed by atoms with Crippen LogP contribution >= 0.6 is 24.0 Å². The molecule has 2 saturated heterocycles. The Kier molecular flexibility index (Phi) is 7.37. The highest BCUT2D eigenvalue weighted by molar-refractivity contribution is 7.89. The quantitative estimate of drug-likeness (QED) is 0.777. The fourth-order valence-corrected chi connectivity index (χ4v) is 4.80. The largest absolute Gasteiger partial charge is 0.492 e. The Hall–Kier alpha value is -0.570. The zero-order valence-electron chi connectivity index (χ0n) is 14.1. The minimum Gasteiger partial charge on any atom is -0.492 e. The molecule has 142 valence electrons. The summed E-state index contributed by atoms with van der Waals surface area (Å²) in [4.78, 5) is 0.128. The van der Waals surface area contributed by atoms with Gasteiger partial charge in [-0.05, 0) is 37.6 Å². The van der Waals surface area contributed by atoms with Crippen LogP contribution in [0.15, 0.2) is 23.1 Å². The number of rotatable bonds is 6. The van der Waals surface area contributed by atoms with Crippen LogP contribution in [0.4, 0.5) is 0 Å². The molecule has 0 bridgehead atoms. The van der Waals surface area contributed by atoms with Gasteiger partial charge < -0.3 is 14.8 Å². The molecular weight excluding hydrogens is 387 g/mol. The Labute approximate surface area is 160 Å². The SMILES string of the molecule is CN(C1CCNC1)S(=O)(=O)c1cc(Cl)ccc1OCC1CCOC1.Cl. The number of ether oxygens (including phenoxy) is 2. The van der Waals surface area contributed by atoms with Gasteiger partial charge >= 0.3 is 0 Å². The number of sulfonamides is 1. The van der Waals surface area contributed by atoms with E-state index in [4.69, 9.17) is 21.1 Å². The fraction of sp³-hybridized carbons (Fsp3) is 0.625. The van der Waals surface area contributed by atoms with Gasteiger partial charge in [-0.2, -0.15) is 4.31 Å². The maximum absolute atomic E-state index is 13.0. The topological polar surface area (TPSA) is 67.9 Å². The first kappa shape index (κ1) is 20.7. The van der Waals surface area contributed by atoms with Crippen molar-refractivity contribution in [3.8, 4) is 5.75 Å². The predicted octanol–water partition coefficient (Wildman–Crippen LogP) is 2.16. The first-order valence-corrected chi connectivity index (χ1v) is 9.99. The first-order chi connectivity index (χ1) is 11.5. The summed E-state index contributed by atoms with van der Waals surface area (Å²) in [6.45, 7) is 3.32. The molecule has 2 fully saturated rings. The summed E-state index contributed by atoms with van der Waals surface area (Å²) < 4.78 is 38.6. The van der Waals surface area contributed by atoms with Gasteiger partial charge in [0.2, 0.25) is 10.0 Å². The molecule has 9 heteroatoms. The zero-order chi connectivity index (χ0) is 17.2. The normalized spacial score (nSPS) is 23.6. The predicted molar refractivity (Wildman–Crippen MR) is 99.3 cm³/mol. The van der Waals surface area contributed by atoms with E-state index in [0.29, 0.717) is 36.4 Å². The van der Waals surface area contributed by atoms with Crippen LogP contribution < -0.4 is 10.1 Å². The second-order valence-electron chi connectivity index (χ2n) is 6.30. The van der Waals surface area contributed by atoms with Gasteiger partial charge in [0.25, 0.3) is 0 Å². The van der Waals surface area contributed by atoms with Crippen LogP contribution in [0.25, 0.3) is 0 Å². The molecule has 2 aliphatic heterocycles. The molecular formula is C16H24Cl2N2O4S. The monoisotopic (exact) mass is 410 g/mol. The Morgan fingerprint density at radius 1 is 1.40 bits per heavy atom. The third-order valence-electron chi connectivity index (χ3n) is 4.61. The van der Waals surface area contributed by atoms with Crippen LogP contribution in [-0.2, 0) is 14.8 Å². The highest BCUT2D eigenvalue weighted by Gasteiger charge is 2.32. The number of hydrogen-bond acceptors (Lipinski definition) is 5. The van der Waals surface area contributed by atoms with Crippen LogP contribution in [-0.4, -0.2) is 58.7 Å². The second kappa shape index (κ2) is 8.88. The van der Waals surface area contributed by atoms with Crippen molar-refractivity contribution in [2.75, 3.05) is 40.0 Å². The number of halogens is 2. The number of benzene rings is 1. The molecule has 1 N–H and O–H groups in total. The molecule has 0 aromatic heterocycles. The van der Waals surface area contributed by atoms with Crippen LogP contribution in [0.5, 0.6) is 5.75 Å². The Morgan fingerprint density at radius 2 is 2.20 bits per heavy atom. The molecule has 0 spiro atoms. The molecule has 0 aliphatic carbocycles. The van der Waals surface area contributed by atoms with Crippen LogP contribution in [0.3, 0.4) is 0 Å². The van der Waals surface area contributed by atoms with Gasteiger partial charge in [0.15, 0.2) is 0 Å². The summed E-state index contributed by atoms with van der Waals surface area (Å²) >= 11 is 6.04. The first-order valence-electron chi connectivity index (χ1n) is 8.17. The highest BCUT2D eigenvalue weighted by Crippen LogP contribution is 2.31. The van der Waals surface area contributed by atoms with Gasteiger partial charge in [0, 0.05) is 37.2 Å². The van der Waals surface area contributed by atoms with Crippen LogP contribution in [0.1, 0.15) is 12.8 Å². The van der Waals surface area contributed by atoms with Crippen molar-refractivity contribution in [2.45, 2.75) is 23.8 Å². The average Bonchev–Trinajstić information content (AvgIpc) is 3.26. The van der Waals surface area contributed by atoms with Crippen LogP contribution in [0.2, 0.25) is 5.02 Å². The lowest BCUT2D eigenvalue weighted by molar-refractivity contribution is 0.166. The Balaban J connectivity index is 0.00000225. The van der Waals surface area contributed by atoms with E-state index in [1.54, 1.807) is 19.2 Å². The Morgan fingerprint density at radius 3 is 2.84 bits per heavy atom. The summed E-state index contributed by atoms with van der Waals surface area (Å²) in [7, 11) is -2.06. The lowest BCUT2D eigenvalue weighted by atomic mass is 10.1. The minimum absolute atomic E-state index is 0. The third kappa shape index (κ3) is 4.78. The molecule has 25 heavy (non-hydrogen) atoms. The molecule has 2 unspecified atom stereocenters. The molecule has 1 aromatic rings. The van der Waals surface area contributed by atoms with Gasteiger partial charge in [-0.15, -0.1) is 12.4 Å². The maximum atomic E-state index is 13.0. The molecule has 3 rings (SSSR count). The summed E-state index contributed by atoms with van der Waals surface area (Å²) in [5.74, 6) is 0.650. The summed E-state index contributed by atoms with van der Waals surface area (Å²) in [6, 6.07) is 4.70. The maximum Gasteiger partial charge on any atom is 0.246 e. The Bertz CT molecular complexity index is 675. The smallest absolute Gasteiger partial charge is 0.246 e. The van der Waals surface area contributed by atoms with E-state index in [0.717, 1.165) is 26.0 Å². The number of likely N-dealkylation sites (N-methyl/N-ethyl adjacent to an activating group) is 1. The number of nitrogens with zero attached hydrogens (tertiary/aromatic N) is 1. The lowest BCUT2D eigenvalue weighted by Gasteiger charge is -2.24. The van der Waals surface area contributed by atoms with Gasteiger partial charge in [-0.3, -0.25) is 0 Å². The molecule has 1 aromatic carbocycles. The van der Waals surface area contributed by atoms with E-state index in [1.807, 2.05) is 0 Å². The molecule has 2 aliphatic rings. The van der Waals surface area contributed by atoms with E-state index < -0.39 is 10.0 Å².